The zero-order valence-corrected chi connectivity index (χ0v) is 13.6. The number of ether oxygens (including phenoxy) is 1. The van der Waals surface area contributed by atoms with Gasteiger partial charge in [-0.3, -0.25) is 4.79 Å². The van der Waals surface area contributed by atoms with Gasteiger partial charge in [0, 0.05) is 0 Å². The number of carbonyl (C=O) groups is 1. The summed E-state index contributed by atoms with van der Waals surface area (Å²) in [6.45, 7) is 8.71. The van der Waals surface area contributed by atoms with Crippen LogP contribution in [0.5, 0.6) is 0 Å². The molecule has 1 rings (SSSR count). The van der Waals surface area contributed by atoms with Crippen molar-refractivity contribution >= 4 is 5.97 Å². The lowest BCUT2D eigenvalue weighted by Gasteiger charge is -2.42. The Morgan fingerprint density at radius 1 is 1.35 bits per heavy atom. The molecule has 1 aliphatic heterocycles. The van der Waals surface area contributed by atoms with E-state index in [1.165, 1.54) is 7.11 Å². The molecule has 118 valence electrons. The highest BCUT2D eigenvalue weighted by molar-refractivity contribution is 5.69. The van der Waals surface area contributed by atoms with Crippen LogP contribution in [0.4, 0.5) is 0 Å². The van der Waals surface area contributed by atoms with Gasteiger partial charge in [-0.25, -0.2) is 9.78 Å². The number of esters is 1. The summed E-state index contributed by atoms with van der Waals surface area (Å²) in [5, 5.41) is 0. The number of rotatable bonds is 7. The van der Waals surface area contributed by atoms with E-state index >= 15 is 0 Å². The molecule has 0 aliphatic carbocycles. The first-order chi connectivity index (χ1) is 9.47. The average molecular weight is 286 g/mol. The van der Waals surface area contributed by atoms with E-state index in [0.29, 0.717) is 11.8 Å². The topological polar surface area (TPSA) is 44.8 Å². The molecule has 0 bridgehead atoms. The van der Waals surface area contributed by atoms with Crippen molar-refractivity contribution in [3.8, 4) is 0 Å². The molecule has 0 aromatic carbocycles. The van der Waals surface area contributed by atoms with Gasteiger partial charge in [0.05, 0.1) is 13.5 Å². The normalized spacial score (nSPS) is 30.5. The van der Waals surface area contributed by atoms with Gasteiger partial charge in [0.2, 0.25) is 0 Å². The van der Waals surface area contributed by atoms with Gasteiger partial charge in [0.1, 0.15) is 11.7 Å². The first-order valence-corrected chi connectivity index (χ1v) is 7.89. The summed E-state index contributed by atoms with van der Waals surface area (Å²) >= 11 is 0. The Labute approximate surface area is 123 Å². The Morgan fingerprint density at radius 3 is 2.50 bits per heavy atom. The predicted molar refractivity (Wildman–Crippen MR) is 78.1 cm³/mol. The smallest absolute Gasteiger partial charge is 0.308 e. The highest BCUT2D eigenvalue weighted by atomic mass is 17.2. The van der Waals surface area contributed by atoms with Crippen molar-refractivity contribution in [2.24, 2.45) is 11.8 Å². The fraction of sp³-hybridized carbons (Fsp3) is 0.938. The molecule has 1 fully saturated rings. The maximum absolute atomic E-state index is 11.4. The largest absolute Gasteiger partial charge is 0.469 e. The fourth-order valence-corrected chi connectivity index (χ4v) is 3.14. The Kier molecular flexibility index (Phi) is 6.96. The molecule has 0 aromatic rings. The Balaban J connectivity index is 2.63. The SMILES string of the molecule is CCC(CC)C[C@]1(C)C[C@@H](CC)[C@@H](CC(=O)OC)OO1. The number of hydrogen-bond donors (Lipinski definition) is 0. The van der Waals surface area contributed by atoms with Crippen LogP contribution in [0.3, 0.4) is 0 Å². The van der Waals surface area contributed by atoms with E-state index in [-0.39, 0.29) is 24.1 Å². The lowest BCUT2D eigenvalue weighted by Crippen LogP contribution is -2.45. The third-order valence-corrected chi connectivity index (χ3v) is 4.59. The molecule has 0 radical (unpaired) electrons. The monoisotopic (exact) mass is 286 g/mol. The summed E-state index contributed by atoms with van der Waals surface area (Å²) in [5.74, 6) is 0.779. The molecule has 3 atom stereocenters. The van der Waals surface area contributed by atoms with Crippen molar-refractivity contribution in [1.29, 1.82) is 0 Å². The van der Waals surface area contributed by atoms with Crippen molar-refractivity contribution in [2.45, 2.75) is 77.9 Å². The Morgan fingerprint density at radius 2 is 2.00 bits per heavy atom. The van der Waals surface area contributed by atoms with Gasteiger partial charge in [-0.15, -0.1) is 0 Å². The van der Waals surface area contributed by atoms with Crippen molar-refractivity contribution in [3.63, 3.8) is 0 Å². The number of hydrogen-bond acceptors (Lipinski definition) is 4. The van der Waals surface area contributed by atoms with Crippen molar-refractivity contribution in [2.75, 3.05) is 7.11 Å². The Hall–Kier alpha value is -0.610. The Bertz CT molecular complexity index is 301. The molecule has 1 heterocycles. The first kappa shape index (κ1) is 17.4. The van der Waals surface area contributed by atoms with Crippen LogP contribution >= 0.6 is 0 Å². The van der Waals surface area contributed by atoms with Gasteiger partial charge in [-0.2, -0.15) is 0 Å². The van der Waals surface area contributed by atoms with Crippen molar-refractivity contribution < 1.29 is 19.3 Å². The van der Waals surface area contributed by atoms with E-state index in [9.17, 15) is 4.79 Å². The van der Waals surface area contributed by atoms with Gasteiger partial charge in [0.25, 0.3) is 0 Å². The minimum atomic E-state index is -0.236. The molecule has 0 spiro atoms. The van der Waals surface area contributed by atoms with Gasteiger partial charge >= 0.3 is 5.97 Å². The second kappa shape index (κ2) is 7.99. The molecule has 0 aromatic heterocycles. The molecule has 0 N–H and O–H groups in total. The van der Waals surface area contributed by atoms with Gasteiger partial charge in [-0.1, -0.05) is 40.0 Å². The minimum Gasteiger partial charge on any atom is -0.469 e. The summed E-state index contributed by atoms with van der Waals surface area (Å²) in [6, 6.07) is 0. The highest BCUT2D eigenvalue weighted by Gasteiger charge is 2.41. The van der Waals surface area contributed by atoms with E-state index in [4.69, 9.17) is 14.5 Å². The molecule has 1 saturated heterocycles. The van der Waals surface area contributed by atoms with Crippen LogP contribution in [-0.2, 0) is 19.3 Å². The van der Waals surface area contributed by atoms with Crippen molar-refractivity contribution in [1.82, 2.24) is 0 Å². The summed E-state index contributed by atoms with van der Waals surface area (Å²) in [4.78, 5) is 22.7. The number of carbonyl (C=O) groups excluding carboxylic acids is 1. The molecule has 20 heavy (non-hydrogen) atoms. The maximum atomic E-state index is 11.4. The van der Waals surface area contributed by atoms with E-state index in [1.807, 2.05) is 0 Å². The zero-order chi connectivity index (χ0) is 15.2. The van der Waals surface area contributed by atoms with E-state index < -0.39 is 0 Å². The molecule has 4 nitrogen and oxygen atoms in total. The number of methoxy groups -OCH3 is 1. The lowest BCUT2D eigenvalue weighted by molar-refractivity contribution is -0.419. The van der Waals surface area contributed by atoms with Crippen LogP contribution in [0, 0.1) is 11.8 Å². The fourth-order valence-electron chi connectivity index (χ4n) is 3.14. The third-order valence-electron chi connectivity index (χ3n) is 4.59. The van der Waals surface area contributed by atoms with Crippen LogP contribution in [0.15, 0.2) is 0 Å². The third kappa shape index (κ3) is 4.74. The summed E-state index contributed by atoms with van der Waals surface area (Å²) in [5.41, 5.74) is -0.232. The van der Waals surface area contributed by atoms with E-state index in [0.717, 1.165) is 32.1 Å². The predicted octanol–water partition coefficient (Wildman–Crippen LogP) is 3.88. The van der Waals surface area contributed by atoms with Crippen LogP contribution in [0.25, 0.3) is 0 Å². The van der Waals surface area contributed by atoms with Crippen LogP contribution in [0.1, 0.15) is 66.2 Å². The molecular weight excluding hydrogens is 256 g/mol. The maximum Gasteiger partial charge on any atom is 0.308 e. The zero-order valence-electron chi connectivity index (χ0n) is 13.6. The van der Waals surface area contributed by atoms with Gasteiger partial charge in [0.15, 0.2) is 0 Å². The van der Waals surface area contributed by atoms with Crippen molar-refractivity contribution in [3.05, 3.63) is 0 Å². The molecule has 0 saturated carbocycles. The quantitative estimate of drug-likeness (QED) is 0.526. The second-order valence-electron chi connectivity index (χ2n) is 6.21. The van der Waals surface area contributed by atoms with E-state index in [1.54, 1.807) is 0 Å². The molecule has 0 amide bonds. The van der Waals surface area contributed by atoms with Gasteiger partial charge in [-0.05, 0) is 31.6 Å². The molecular formula is C16H30O4. The minimum absolute atomic E-state index is 0.178. The lowest BCUT2D eigenvalue weighted by atomic mass is 9.79. The first-order valence-electron chi connectivity index (χ1n) is 7.89. The summed E-state index contributed by atoms with van der Waals surface area (Å²) in [6.07, 6.45) is 5.38. The summed E-state index contributed by atoms with van der Waals surface area (Å²) < 4.78 is 4.72. The summed E-state index contributed by atoms with van der Waals surface area (Å²) in [7, 11) is 1.41. The van der Waals surface area contributed by atoms with Crippen LogP contribution in [-0.4, -0.2) is 24.8 Å². The molecule has 0 unspecified atom stereocenters. The van der Waals surface area contributed by atoms with E-state index in [2.05, 4.69) is 27.7 Å². The second-order valence-corrected chi connectivity index (χ2v) is 6.21. The standard InChI is InChI=1S/C16H30O4/c1-6-12(7-2)10-16(4)11-13(8-3)14(19-20-16)9-15(17)18-5/h12-14H,6-11H2,1-5H3/t13-,14-,16-/m1/s1. The average Bonchev–Trinajstić information content (AvgIpc) is 2.46. The highest BCUT2D eigenvalue weighted by Crippen LogP contribution is 2.39. The molecule has 4 heteroatoms. The van der Waals surface area contributed by atoms with Crippen LogP contribution in [0.2, 0.25) is 0 Å². The van der Waals surface area contributed by atoms with Gasteiger partial charge < -0.3 is 4.74 Å². The molecule has 1 aliphatic rings. The van der Waals surface area contributed by atoms with Crippen LogP contribution < -0.4 is 0 Å².